The van der Waals surface area contributed by atoms with Crippen molar-refractivity contribution in [3.05, 3.63) is 83.0 Å². The van der Waals surface area contributed by atoms with Crippen LogP contribution in [0.5, 0.6) is 11.6 Å². The number of fused-ring (bicyclic) bond motifs is 3. The van der Waals surface area contributed by atoms with Gasteiger partial charge in [-0.3, -0.25) is 4.79 Å². The van der Waals surface area contributed by atoms with Crippen molar-refractivity contribution in [2.45, 2.75) is 31.6 Å². The number of hydrogen-bond donors (Lipinski definition) is 0. The fraction of sp³-hybridized carbons (Fsp3) is 0.250. The highest BCUT2D eigenvalue weighted by Crippen LogP contribution is 2.47. The minimum absolute atomic E-state index is 0.0817. The molecule has 0 amide bonds. The molecule has 0 saturated heterocycles. The molecule has 8 heteroatoms. The number of carbonyl (C=O) groups excluding carboxylic acids is 1. The Morgan fingerprint density at radius 3 is 2.84 bits per heavy atom. The van der Waals surface area contributed by atoms with Crippen molar-refractivity contribution in [3.63, 3.8) is 0 Å². The van der Waals surface area contributed by atoms with Gasteiger partial charge >= 0.3 is 0 Å². The number of hydrogen-bond acceptors (Lipinski definition) is 7. The Balaban J connectivity index is 1.47. The smallest absolute Gasteiger partial charge is 0.228 e. The van der Waals surface area contributed by atoms with Crippen molar-refractivity contribution >= 4 is 11.4 Å². The number of methoxy groups -OCH3 is 1. The summed E-state index contributed by atoms with van der Waals surface area (Å²) in [4.78, 5) is 22.2. The van der Waals surface area contributed by atoms with E-state index < -0.39 is 5.92 Å². The predicted molar refractivity (Wildman–Crippen MR) is 114 cm³/mol. The van der Waals surface area contributed by atoms with E-state index in [1.54, 1.807) is 24.2 Å². The first-order valence-corrected chi connectivity index (χ1v) is 10.6. The molecule has 6 rings (SSSR count). The summed E-state index contributed by atoms with van der Waals surface area (Å²) in [5, 5.41) is 4.62. The van der Waals surface area contributed by atoms with Gasteiger partial charge in [-0.2, -0.15) is 0 Å². The number of nitrogens with zero attached hydrogens (tertiary/aromatic N) is 4. The summed E-state index contributed by atoms with van der Waals surface area (Å²) in [6.07, 6.45) is 5.76. The second kappa shape index (κ2) is 7.33. The molecular weight excluding hydrogens is 408 g/mol. The lowest BCUT2D eigenvalue weighted by Gasteiger charge is -2.30. The van der Waals surface area contributed by atoms with Crippen LogP contribution in [-0.4, -0.2) is 32.5 Å². The van der Waals surface area contributed by atoms with Gasteiger partial charge in [0.1, 0.15) is 23.6 Å². The van der Waals surface area contributed by atoms with Crippen molar-refractivity contribution in [2.24, 2.45) is 0 Å². The van der Waals surface area contributed by atoms with Gasteiger partial charge < -0.3 is 13.9 Å². The minimum atomic E-state index is -0.411. The molecule has 0 N–H and O–H groups in total. The Bertz CT molecular complexity index is 1350. The number of ketones is 1. The first kappa shape index (κ1) is 18.8. The van der Waals surface area contributed by atoms with Crippen LogP contribution in [0.1, 0.15) is 47.9 Å². The minimum Gasteiger partial charge on any atom is -0.497 e. The zero-order chi connectivity index (χ0) is 21.7. The molecule has 2 aliphatic rings. The molecule has 0 fully saturated rings. The third-order valence-corrected chi connectivity index (χ3v) is 5.99. The van der Waals surface area contributed by atoms with Crippen LogP contribution in [0.25, 0.3) is 5.65 Å². The lowest BCUT2D eigenvalue weighted by atomic mass is 9.80. The molecule has 3 aromatic heterocycles. The molecule has 0 saturated carbocycles. The molecule has 8 nitrogen and oxygen atoms in total. The van der Waals surface area contributed by atoms with Crippen LogP contribution in [0.2, 0.25) is 0 Å². The van der Waals surface area contributed by atoms with Gasteiger partial charge in [0, 0.05) is 24.8 Å². The number of rotatable bonds is 4. The third kappa shape index (κ3) is 2.98. The second-order valence-electron chi connectivity index (χ2n) is 7.95. The first-order valence-electron chi connectivity index (χ1n) is 10.6. The van der Waals surface area contributed by atoms with Gasteiger partial charge in [0.2, 0.25) is 5.88 Å². The van der Waals surface area contributed by atoms with E-state index in [0.717, 1.165) is 17.7 Å². The van der Waals surface area contributed by atoms with E-state index in [4.69, 9.17) is 18.9 Å². The van der Waals surface area contributed by atoms with Gasteiger partial charge in [-0.15, -0.1) is 5.10 Å². The Morgan fingerprint density at radius 1 is 1.19 bits per heavy atom. The fourth-order valence-corrected chi connectivity index (χ4v) is 4.50. The lowest BCUT2D eigenvalue weighted by Crippen LogP contribution is -2.26. The molecule has 32 heavy (non-hydrogen) atoms. The SMILES string of the molecule is COc1ccc(Cc2nc3c4c(ncn3n2)OC2=C(C(=O)CCC2)[C@H]4c2ccco2)cc1. The Morgan fingerprint density at radius 2 is 2.06 bits per heavy atom. The number of Topliss-reactive ketones (excluding diaryl/α,β-unsaturated/α-hetero) is 1. The largest absolute Gasteiger partial charge is 0.497 e. The maximum Gasteiger partial charge on any atom is 0.228 e. The van der Waals surface area contributed by atoms with E-state index in [-0.39, 0.29) is 5.78 Å². The highest BCUT2D eigenvalue weighted by molar-refractivity contribution is 5.99. The number of carbonyl (C=O) groups is 1. The maximum atomic E-state index is 12.9. The fourth-order valence-electron chi connectivity index (χ4n) is 4.50. The number of aromatic nitrogens is 4. The monoisotopic (exact) mass is 428 g/mol. The zero-order valence-corrected chi connectivity index (χ0v) is 17.4. The van der Waals surface area contributed by atoms with Crippen molar-refractivity contribution in [1.82, 2.24) is 19.6 Å². The molecule has 160 valence electrons. The summed E-state index contributed by atoms with van der Waals surface area (Å²) < 4.78 is 18.7. The van der Waals surface area contributed by atoms with Crippen LogP contribution < -0.4 is 9.47 Å². The quantitative estimate of drug-likeness (QED) is 0.488. The lowest BCUT2D eigenvalue weighted by molar-refractivity contribution is -0.116. The molecule has 0 unspecified atom stereocenters. The first-order chi connectivity index (χ1) is 15.7. The van der Waals surface area contributed by atoms with Gasteiger partial charge in [0.05, 0.1) is 24.9 Å². The molecular formula is C24H20N4O4. The average Bonchev–Trinajstić information content (AvgIpc) is 3.48. The Labute approximate surface area is 183 Å². The van der Waals surface area contributed by atoms with Gasteiger partial charge in [-0.1, -0.05) is 12.1 Å². The highest BCUT2D eigenvalue weighted by Gasteiger charge is 2.40. The van der Waals surface area contributed by atoms with E-state index in [1.165, 1.54) is 0 Å². The Kier molecular flexibility index (Phi) is 4.31. The third-order valence-electron chi connectivity index (χ3n) is 5.99. The van der Waals surface area contributed by atoms with Gasteiger partial charge in [-0.25, -0.2) is 14.5 Å². The average molecular weight is 428 g/mol. The summed E-state index contributed by atoms with van der Waals surface area (Å²) in [5.74, 6) is 2.93. The van der Waals surface area contributed by atoms with E-state index >= 15 is 0 Å². The number of ether oxygens (including phenoxy) is 2. The van der Waals surface area contributed by atoms with Crippen LogP contribution in [0.15, 0.2) is 64.7 Å². The van der Waals surface area contributed by atoms with Crippen LogP contribution in [0, 0.1) is 0 Å². The van der Waals surface area contributed by atoms with Crippen LogP contribution in [0.3, 0.4) is 0 Å². The van der Waals surface area contributed by atoms with E-state index in [2.05, 4.69) is 10.1 Å². The number of benzene rings is 1. The van der Waals surface area contributed by atoms with Crippen LogP contribution in [-0.2, 0) is 11.2 Å². The van der Waals surface area contributed by atoms with Gasteiger partial charge in [-0.05, 0) is 36.2 Å². The predicted octanol–water partition coefficient (Wildman–Crippen LogP) is 3.85. The summed E-state index contributed by atoms with van der Waals surface area (Å²) in [6.45, 7) is 0. The highest BCUT2D eigenvalue weighted by atomic mass is 16.5. The standard InChI is InChI=1S/C24H20N4O4/c1-30-15-9-7-14(8-10-15)12-19-26-23-22-21(17-6-3-11-31-17)20-16(29)4-2-5-18(20)32-24(22)25-13-28(23)27-19/h3,6-11,13,21H,2,4-5,12H2,1H3/t21-/m1/s1. The van der Waals surface area contributed by atoms with Crippen LogP contribution in [0.4, 0.5) is 0 Å². The van der Waals surface area contributed by atoms with E-state index in [9.17, 15) is 4.79 Å². The number of furan rings is 1. The molecule has 4 aromatic rings. The van der Waals surface area contributed by atoms with E-state index in [0.29, 0.717) is 59.3 Å². The molecule has 1 aliphatic carbocycles. The molecule has 1 aliphatic heterocycles. The number of allylic oxidation sites excluding steroid dienone is 2. The molecule has 1 aromatic carbocycles. The van der Waals surface area contributed by atoms with E-state index in [1.807, 2.05) is 36.4 Å². The Hall–Kier alpha value is -3.94. The maximum absolute atomic E-state index is 12.9. The normalized spacial score (nSPS) is 17.8. The second-order valence-corrected chi connectivity index (χ2v) is 7.95. The molecule has 0 radical (unpaired) electrons. The zero-order valence-electron chi connectivity index (χ0n) is 17.4. The summed E-state index contributed by atoms with van der Waals surface area (Å²) in [6, 6.07) is 11.5. The molecule has 4 heterocycles. The van der Waals surface area contributed by atoms with Crippen molar-refractivity contribution in [1.29, 1.82) is 0 Å². The van der Waals surface area contributed by atoms with Crippen LogP contribution >= 0.6 is 0 Å². The summed E-state index contributed by atoms with van der Waals surface area (Å²) in [5.41, 5.74) is 3.04. The topological polar surface area (TPSA) is 91.8 Å². The molecule has 0 bridgehead atoms. The van der Waals surface area contributed by atoms with Crippen molar-refractivity contribution in [3.8, 4) is 11.6 Å². The van der Waals surface area contributed by atoms with Crippen molar-refractivity contribution < 1.29 is 18.7 Å². The molecule has 1 atom stereocenters. The summed E-state index contributed by atoms with van der Waals surface area (Å²) in [7, 11) is 1.64. The summed E-state index contributed by atoms with van der Waals surface area (Å²) >= 11 is 0. The molecule has 0 spiro atoms. The van der Waals surface area contributed by atoms with Gasteiger partial charge in [0.15, 0.2) is 17.3 Å². The van der Waals surface area contributed by atoms with Crippen molar-refractivity contribution in [2.75, 3.05) is 7.11 Å². The van der Waals surface area contributed by atoms with Gasteiger partial charge in [0.25, 0.3) is 0 Å².